The molecule has 0 N–H and O–H groups in total. The molecule has 13 heavy (non-hydrogen) atoms. The first-order valence-electron chi connectivity index (χ1n) is 4.77. The molecule has 0 aliphatic rings. The van der Waals surface area contributed by atoms with Crippen LogP contribution >= 0.6 is 0 Å². The van der Waals surface area contributed by atoms with E-state index in [0.29, 0.717) is 5.92 Å². The normalized spacial score (nSPS) is 12.5. The molecule has 0 bridgehead atoms. The van der Waals surface area contributed by atoms with E-state index in [1.807, 2.05) is 13.1 Å². The van der Waals surface area contributed by atoms with E-state index in [2.05, 4.69) is 37.5 Å². The third-order valence-corrected chi connectivity index (χ3v) is 2.40. The van der Waals surface area contributed by atoms with E-state index >= 15 is 0 Å². The third kappa shape index (κ3) is 2.41. The van der Waals surface area contributed by atoms with Gasteiger partial charge in [-0.3, -0.25) is 4.98 Å². The molecule has 1 rings (SSSR count). The van der Waals surface area contributed by atoms with Crippen LogP contribution in [0.5, 0.6) is 0 Å². The van der Waals surface area contributed by atoms with Crippen molar-refractivity contribution in [1.82, 2.24) is 4.98 Å². The van der Waals surface area contributed by atoms with Gasteiger partial charge in [-0.05, 0) is 36.5 Å². The van der Waals surface area contributed by atoms with Crippen molar-refractivity contribution in [3.8, 4) is 0 Å². The van der Waals surface area contributed by atoms with Gasteiger partial charge in [0, 0.05) is 11.9 Å². The quantitative estimate of drug-likeness (QED) is 0.683. The average Bonchev–Trinajstić information content (AvgIpc) is 2.17. The summed E-state index contributed by atoms with van der Waals surface area (Å²) in [6.07, 6.45) is 3.04. The lowest BCUT2D eigenvalue weighted by molar-refractivity contribution is 0.708. The van der Waals surface area contributed by atoms with Crippen LogP contribution in [0.15, 0.2) is 24.9 Å². The van der Waals surface area contributed by atoms with Crippen LogP contribution in [0.3, 0.4) is 0 Å². The standard InChI is InChI=1S/C12H17N/c1-5-10(4)12-7-6-11(8-13-12)9(2)3/h6-8,10H,2,5H2,1,3-4H3. The van der Waals surface area contributed by atoms with Gasteiger partial charge >= 0.3 is 0 Å². The third-order valence-electron chi connectivity index (χ3n) is 2.40. The van der Waals surface area contributed by atoms with E-state index in [1.165, 1.54) is 5.69 Å². The molecule has 0 aromatic carbocycles. The molecule has 0 fully saturated rings. The lowest BCUT2D eigenvalue weighted by atomic mass is 10.0. The van der Waals surface area contributed by atoms with Gasteiger partial charge in [-0.1, -0.05) is 26.5 Å². The number of hydrogen-bond donors (Lipinski definition) is 0. The Morgan fingerprint density at radius 2 is 2.23 bits per heavy atom. The van der Waals surface area contributed by atoms with Gasteiger partial charge in [0.1, 0.15) is 0 Å². The average molecular weight is 175 g/mol. The van der Waals surface area contributed by atoms with Crippen LogP contribution in [0.4, 0.5) is 0 Å². The molecule has 0 aliphatic carbocycles. The highest BCUT2D eigenvalue weighted by Gasteiger charge is 2.03. The predicted octanol–water partition coefficient (Wildman–Crippen LogP) is 3.63. The van der Waals surface area contributed by atoms with Crippen molar-refractivity contribution in [2.24, 2.45) is 0 Å². The Balaban J connectivity index is 2.87. The topological polar surface area (TPSA) is 12.9 Å². The maximum absolute atomic E-state index is 4.41. The summed E-state index contributed by atoms with van der Waals surface area (Å²) < 4.78 is 0. The maximum Gasteiger partial charge on any atom is 0.0432 e. The zero-order valence-corrected chi connectivity index (χ0v) is 8.67. The molecule has 1 aromatic heterocycles. The van der Waals surface area contributed by atoms with Crippen molar-refractivity contribution in [3.63, 3.8) is 0 Å². The first kappa shape index (κ1) is 9.97. The second kappa shape index (κ2) is 4.22. The molecule has 1 nitrogen and oxygen atoms in total. The minimum atomic E-state index is 0.555. The first-order chi connectivity index (χ1) is 6.15. The highest BCUT2D eigenvalue weighted by molar-refractivity contribution is 5.60. The SMILES string of the molecule is C=C(C)c1ccc(C(C)CC)nc1. The molecular weight excluding hydrogens is 158 g/mol. The van der Waals surface area contributed by atoms with Crippen LogP contribution in [0, 0.1) is 0 Å². The number of nitrogens with zero attached hydrogens (tertiary/aromatic N) is 1. The number of allylic oxidation sites excluding steroid dienone is 1. The Hall–Kier alpha value is -1.11. The molecule has 1 heterocycles. The molecule has 0 amide bonds. The zero-order chi connectivity index (χ0) is 9.84. The molecular formula is C12H17N. The van der Waals surface area contributed by atoms with Crippen LogP contribution < -0.4 is 0 Å². The second-order valence-electron chi connectivity index (χ2n) is 3.56. The fourth-order valence-electron chi connectivity index (χ4n) is 1.16. The van der Waals surface area contributed by atoms with E-state index in [9.17, 15) is 0 Å². The summed E-state index contributed by atoms with van der Waals surface area (Å²) in [5.74, 6) is 0.555. The lowest BCUT2D eigenvalue weighted by Gasteiger charge is -2.08. The van der Waals surface area contributed by atoms with Crippen molar-refractivity contribution in [3.05, 3.63) is 36.2 Å². The van der Waals surface area contributed by atoms with E-state index in [1.54, 1.807) is 0 Å². The van der Waals surface area contributed by atoms with Gasteiger partial charge in [0.25, 0.3) is 0 Å². The van der Waals surface area contributed by atoms with Crippen LogP contribution in [-0.2, 0) is 0 Å². The van der Waals surface area contributed by atoms with Gasteiger partial charge in [-0.2, -0.15) is 0 Å². The predicted molar refractivity (Wildman–Crippen MR) is 57.7 cm³/mol. The van der Waals surface area contributed by atoms with Crippen LogP contribution in [-0.4, -0.2) is 4.98 Å². The molecule has 0 spiro atoms. The Morgan fingerprint density at radius 1 is 1.54 bits per heavy atom. The highest BCUT2D eigenvalue weighted by atomic mass is 14.7. The molecule has 0 aliphatic heterocycles. The van der Waals surface area contributed by atoms with Crippen molar-refractivity contribution >= 4 is 5.57 Å². The van der Waals surface area contributed by atoms with Gasteiger partial charge in [0.05, 0.1) is 0 Å². The van der Waals surface area contributed by atoms with E-state index < -0.39 is 0 Å². The molecule has 0 radical (unpaired) electrons. The van der Waals surface area contributed by atoms with Crippen LogP contribution in [0.2, 0.25) is 0 Å². The summed E-state index contributed by atoms with van der Waals surface area (Å²) >= 11 is 0. The van der Waals surface area contributed by atoms with Crippen LogP contribution in [0.1, 0.15) is 44.4 Å². The molecule has 1 aromatic rings. The van der Waals surface area contributed by atoms with Crippen LogP contribution in [0.25, 0.3) is 5.57 Å². The van der Waals surface area contributed by atoms with Crippen molar-refractivity contribution < 1.29 is 0 Å². The smallest absolute Gasteiger partial charge is 0.0432 e. The van der Waals surface area contributed by atoms with Gasteiger partial charge in [0.2, 0.25) is 0 Å². The van der Waals surface area contributed by atoms with E-state index in [0.717, 1.165) is 17.6 Å². The zero-order valence-electron chi connectivity index (χ0n) is 8.67. The lowest BCUT2D eigenvalue weighted by Crippen LogP contribution is -1.95. The van der Waals surface area contributed by atoms with Crippen molar-refractivity contribution in [2.45, 2.75) is 33.1 Å². The summed E-state index contributed by atoms with van der Waals surface area (Å²) in [4.78, 5) is 4.41. The summed E-state index contributed by atoms with van der Waals surface area (Å²) in [5.41, 5.74) is 3.38. The summed E-state index contributed by atoms with van der Waals surface area (Å²) in [5, 5.41) is 0. The number of hydrogen-bond acceptors (Lipinski definition) is 1. The highest BCUT2D eigenvalue weighted by Crippen LogP contribution is 2.17. The Bertz CT molecular complexity index is 284. The second-order valence-corrected chi connectivity index (χ2v) is 3.56. The molecule has 1 atom stereocenters. The first-order valence-corrected chi connectivity index (χ1v) is 4.77. The number of aromatic nitrogens is 1. The number of rotatable bonds is 3. The molecule has 0 saturated carbocycles. The summed E-state index contributed by atoms with van der Waals surface area (Å²) in [6.45, 7) is 10.3. The minimum Gasteiger partial charge on any atom is -0.260 e. The molecule has 1 heteroatoms. The Kier molecular flexibility index (Phi) is 3.24. The number of pyridine rings is 1. The Labute approximate surface area is 80.5 Å². The summed E-state index contributed by atoms with van der Waals surface area (Å²) in [6, 6.07) is 4.19. The van der Waals surface area contributed by atoms with Gasteiger partial charge in [-0.25, -0.2) is 0 Å². The Morgan fingerprint density at radius 3 is 2.62 bits per heavy atom. The molecule has 1 unspecified atom stereocenters. The summed E-state index contributed by atoms with van der Waals surface area (Å²) in [7, 11) is 0. The fourth-order valence-corrected chi connectivity index (χ4v) is 1.16. The van der Waals surface area contributed by atoms with Gasteiger partial charge < -0.3 is 0 Å². The minimum absolute atomic E-state index is 0.555. The fraction of sp³-hybridized carbons (Fsp3) is 0.417. The molecule has 70 valence electrons. The van der Waals surface area contributed by atoms with E-state index in [4.69, 9.17) is 0 Å². The monoisotopic (exact) mass is 175 g/mol. The molecule has 0 saturated heterocycles. The van der Waals surface area contributed by atoms with E-state index in [-0.39, 0.29) is 0 Å². The maximum atomic E-state index is 4.41. The van der Waals surface area contributed by atoms with Gasteiger partial charge in [-0.15, -0.1) is 0 Å². The van der Waals surface area contributed by atoms with Gasteiger partial charge in [0.15, 0.2) is 0 Å². The largest absolute Gasteiger partial charge is 0.260 e. The van der Waals surface area contributed by atoms with Crippen molar-refractivity contribution in [1.29, 1.82) is 0 Å². The van der Waals surface area contributed by atoms with Crippen molar-refractivity contribution in [2.75, 3.05) is 0 Å².